The quantitative estimate of drug-likeness (QED) is 0.794. The maximum Gasteiger partial charge on any atom is 0.221 e. The zero-order chi connectivity index (χ0) is 12.8. The lowest BCUT2D eigenvalue weighted by molar-refractivity contribution is 0.307. The Morgan fingerprint density at radius 1 is 1.28 bits per heavy atom. The van der Waals surface area contributed by atoms with E-state index in [1.54, 1.807) is 13.3 Å². The van der Waals surface area contributed by atoms with Gasteiger partial charge in [0.2, 0.25) is 5.88 Å². The fourth-order valence-electron chi connectivity index (χ4n) is 1.76. The number of fused-ring (bicyclic) bond motifs is 1. The lowest BCUT2D eigenvalue weighted by Crippen LogP contribution is -2.20. The summed E-state index contributed by atoms with van der Waals surface area (Å²) in [7, 11) is 1.66. The van der Waals surface area contributed by atoms with Crippen molar-refractivity contribution in [3.8, 4) is 11.6 Å². The number of hydrogen-bond donors (Lipinski definition) is 1. The molecule has 0 saturated heterocycles. The number of rotatable bonds is 6. The van der Waals surface area contributed by atoms with Gasteiger partial charge in [-0.05, 0) is 30.1 Å². The molecule has 0 amide bonds. The lowest BCUT2D eigenvalue weighted by Gasteiger charge is -2.09. The Morgan fingerprint density at radius 3 is 2.94 bits per heavy atom. The Bertz CT molecular complexity index is 514. The zero-order valence-electron chi connectivity index (χ0n) is 10.8. The summed E-state index contributed by atoms with van der Waals surface area (Å²) < 4.78 is 10.9. The molecule has 1 heterocycles. The highest BCUT2D eigenvalue weighted by atomic mass is 16.5. The number of ether oxygens (including phenoxy) is 2. The van der Waals surface area contributed by atoms with Crippen molar-refractivity contribution in [1.82, 2.24) is 10.3 Å². The fraction of sp³-hybridized carbons (Fsp3) is 0.357. The van der Waals surface area contributed by atoms with E-state index in [1.807, 2.05) is 24.3 Å². The monoisotopic (exact) mass is 246 g/mol. The van der Waals surface area contributed by atoms with Gasteiger partial charge in [-0.3, -0.25) is 0 Å². The van der Waals surface area contributed by atoms with Gasteiger partial charge in [0.25, 0.3) is 0 Å². The van der Waals surface area contributed by atoms with Crippen LogP contribution in [-0.2, 0) is 0 Å². The normalized spacial score (nSPS) is 10.6. The van der Waals surface area contributed by atoms with Gasteiger partial charge in [0.05, 0.1) is 7.11 Å². The van der Waals surface area contributed by atoms with Crippen LogP contribution in [0.1, 0.15) is 6.92 Å². The highest BCUT2D eigenvalue weighted by Crippen LogP contribution is 2.26. The topological polar surface area (TPSA) is 43.4 Å². The minimum Gasteiger partial charge on any atom is -0.497 e. The van der Waals surface area contributed by atoms with Crippen molar-refractivity contribution < 1.29 is 9.47 Å². The summed E-state index contributed by atoms with van der Waals surface area (Å²) in [4.78, 5) is 4.27. The van der Waals surface area contributed by atoms with Gasteiger partial charge in [0, 0.05) is 18.1 Å². The van der Waals surface area contributed by atoms with Crippen LogP contribution in [0.3, 0.4) is 0 Å². The number of pyridine rings is 1. The summed E-state index contributed by atoms with van der Waals surface area (Å²) in [6.07, 6.45) is 1.76. The Hall–Kier alpha value is -1.81. The Balaban J connectivity index is 2.20. The summed E-state index contributed by atoms with van der Waals surface area (Å²) in [5.41, 5.74) is 0. The van der Waals surface area contributed by atoms with E-state index in [0.717, 1.165) is 29.6 Å². The zero-order valence-corrected chi connectivity index (χ0v) is 10.8. The summed E-state index contributed by atoms with van der Waals surface area (Å²) in [6.45, 7) is 4.44. The van der Waals surface area contributed by atoms with Crippen LogP contribution in [0, 0.1) is 0 Å². The molecule has 4 heteroatoms. The van der Waals surface area contributed by atoms with Crippen molar-refractivity contribution >= 4 is 10.8 Å². The molecule has 0 aliphatic rings. The third-order valence-corrected chi connectivity index (χ3v) is 2.70. The van der Waals surface area contributed by atoms with Crippen molar-refractivity contribution in [2.75, 3.05) is 26.8 Å². The van der Waals surface area contributed by atoms with Crippen molar-refractivity contribution in [3.05, 3.63) is 30.5 Å². The van der Waals surface area contributed by atoms with Crippen LogP contribution in [0.25, 0.3) is 10.8 Å². The van der Waals surface area contributed by atoms with Crippen LogP contribution < -0.4 is 14.8 Å². The first kappa shape index (κ1) is 12.6. The number of nitrogens with zero attached hydrogens (tertiary/aromatic N) is 1. The molecule has 96 valence electrons. The molecule has 1 N–H and O–H groups in total. The molecule has 0 aliphatic carbocycles. The van der Waals surface area contributed by atoms with Crippen LogP contribution in [0.4, 0.5) is 0 Å². The van der Waals surface area contributed by atoms with Crippen LogP contribution in [-0.4, -0.2) is 31.8 Å². The molecular formula is C14H18N2O2. The molecule has 0 saturated carbocycles. The fourth-order valence-corrected chi connectivity index (χ4v) is 1.76. The third-order valence-electron chi connectivity index (χ3n) is 2.70. The Morgan fingerprint density at radius 2 is 2.17 bits per heavy atom. The maximum atomic E-state index is 5.69. The summed E-state index contributed by atoms with van der Waals surface area (Å²) in [6, 6.07) is 7.86. The minimum atomic E-state index is 0.608. The predicted octanol–water partition coefficient (Wildman–Crippen LogP) is 2.23. The van der Waals surface area contributed by atoms with Gasteiger partial charge in [0.15, 0.2) is 0 Å². The molecule has 0 atom stereocenters. The Kier molecular flexibility index (Phi) is 4.36. The average Bonchev–Trinajstić information content (AvgIpc) is 2.43. The van der Waals surface area contributed by atoms with Crippen molar-refractivity contribution in [2.24, 2.45) is 0 Å². The standard InChI is InChI=1S/C14H18N2O2/c1-3-15-8-9-18-14-13-10-12(17-2)5-4-11(13)6-7-16-14/h4-7,10,15H,3,8-9H2,1-2H3. The molecule has 0 fully saturated rings. The molecule has 2 rings (SSSR count). The lowest BCUT2D eigenvalue weighted by atomic mass is 10.1. The average molecular weight is 246 g/mol. The van der Waals surface area contributed by atoms with Gasteiger partial charge in [-0.2, -0.15) is 0 Å². The minimum absolute atomic E-state index is 0.608. The number of aromatic nitrogens is 1. The van der Waals surface area contributed by atoms with Gasteiger partial charge in [-0.1, -0.05) is 13.0 Å². The van der Waals surface area contributed by atoms with E-state index in [0.29, 0.717) is 12.5 Å². The van der Waals surface area contributed by atoms with E-state index in [9.17, 15) is 0 Å². The molecule has 1 aromatic heterocycles. The highest BCUT2D eigenvalue weighted by Gasteiger charge is 2.04. The highest BCUT2D eigenvalue weighted by molar-refractivity contribution is 5.87. The first-order valence-corrected chi connectivity index (χ1v) is 6.11. The molecule has 0 bridgehead atoms. The van der Waals surface area contributed by atoms with Gasteiger partial charge in [-0.15, -0.1) is 0 Å². The SMILES string of the molecule is CCNCCOc1nccc2ccc(OC)cc12. The van der Waals surface area contributed by atoms with Crippen molar-refractivity contribution in [2.45, 2.75) is 6.92 Å². The molecule has 0 unspecified atom stereocenters. The van der Waals surface area contributed by atoms with Crippen LogP contribution in [0.5, 0.6) is 11.6 Å². The van der Waals surface area contributed by atoms with Gasteiger partial charge in [0.1, 0.15) is 12.4 Å². The van der Waals surface area contributed by atoms with E-state index >= 15 is 0 Å². The smallest absolute Gasteiger partial charge is 0.221 e. The van der Waals surface area contributed by atoms with Gasteiger partial charge >= 0.3 is 0 Å². The molecule has 18 heavy (non-hydrogen) atoms. The largest absolute Gasteiger partial charge is 0.497 e. The summed E-state index contributed by atoms with van der Waals surface area (Å²) >= 11 is 0. The molecule has 1 aromatic carbocycles. The van der Waals surface area contributed by atoms with Gasteiger partial charge in [-0.25, -0.2) is 4.98 Å². The van der Waals surface area contributed by atoms with Crippen LogP contribution >= 0.6 is 0 Å². The van der Waals surface area contributed by atoms with E-state index < -0.39 is 0 Å². The number of methoxy groups -OCH3 is 1. The summed E-state index contributed by atoms with van der Waals surface area (Å²) in [5.74, 6) is 1.47. The van der Waals surface area contributed by atoms with Crippen LogP contribution in [0.2, 0.25) is 0 Å². The second kappa shape index (κ2) is 6.21. The first-order valence-electron chi connectivity index (χ1n) is 6.11. The molecular weight excluding hydrogens is 228 g/mol. The van der Waals surface area contributed by atoms with E-state index in [1.165, 1.54) is 0 Å². The third kappa shape index (κ3) is 2.90. The van der Waals surface area contributed by atoms with Crippen molar-refractivity contribution in [3.63, 3.8) is 0 Å². The second-order valence-electron chi connectivity index (χ2n) is 3.91. The van der Waals surface area contributed by atoms with Gasteiger partial charge < -0.3 is 14.8 Å². The molecule has 0 aliphatic heterocycles. The molecule has 0 spiro atoms. The second-order valence-corrected chi connectivity index (χ2v) is 3.91. The van der Waals surface area contributed by atoms with Crippen LogP contribution in [0.15, 0.2) is 30.5 Å². The molecule has 0 radical (unpaired) electrons. The van der Waals surface area contributed by atoms with E-state index in [4.69, 9.17) is 9.47 Å². The number of hydrogen-bond acceptors (Lipinski definition) is 4. The number of benzene rings is 1. The summed E-state index contributed by atoms with van der Waals surface area (Å²) in [5, 5.41) is 5.29. The number of nitrogens with one attached hydrogen (secondary N) is 1. The van der Waals surface area contributed by atoms with E-state index in [2.05, 4.69) is 17.2 Å². The Labute approximate surface area is 107 Å². The number of likely N-dealkylation sites (N-methyl/N-ethyl adjacent to an activating group) is 1. The van der Waals surface area contributed by atoms with Crippen molar-refractivity contribution in [1.29, 1.82) is 0 Å². The van der Waals surface area contributed by atoms with E-state index in [-0.39, 0.29) is 0 Å². The molecule has 2 aromatic rings. The first-order chi connectivity index (χ1) is 8.85. The predicted molar refractivity (Wildman–Crippen MR) is 72.3 cm³/mol. The maximum absolute atomic E-state index is 5.69. The molecule has 4 nitrogen and oxygen atoms in total.